The molecule has 106 valence electrons. The third-order valence-corrected chi connectivity index (χ3v) is 3.90. The third kappa shape index (κ3) is 3.78. The predicted octanol–water partition coefficient (Wildman–Crippen LogP) is 2.56. The molecule has 1 aromatic carbocycles. The molecule has 0 aromatic heterocycles. The molecule has 0 aliphatic carbocycles. The molecule has 0 amide bonds. The van der Waals surface area contributed by atoms with Gasteiger partial charge in [0.05, 0.1) is 19.3 Å². The zero-order chi connectivity index (χ0) is 13.8. The van der Waals surface area contributed by atoms with Crippen LogP contribution in [0.3, 0.4) is 0 Å². The molecule has 1 saturated heterocycles. The molecule has 3 nitrogen and oxygen atoms in total. The van der Waals surface area contributed by atoms with Crippen LogP contribution in [0.5, 0.6) is 0 Å². The molecule has 19 heavy (non-hydrogen) atoms. The Labute approximate surface area is 116 Å². The number of β-amino-alcohol motifs (C(OH)–C–C–N with tert-alkyl or cyclic N) is 1. The van der Waals surface area contributed by atoms with Crippen molar-refractivity contribution in [2.45, 2.75) is 38.8 Å². The van der Waals surface area contributed by atoms with Crippen LogP contribution in [0.25, 0.3) is 0 Å². The van der Waals surface area contributed by atoms with E-state index >= 15 is 0 Å². The summed E-state index contributed by atoms with van der Waals surface area (Å²) < 4.78 is 5.42. The second kappa shape index (κ2) is 6.51. The van der Waals surface area contributed by atoms with E-state index in [0.29, 0.717) is 18.5 Å². The molecule has 1 aromatic rings. The van der Waals surface area contributed by atoms with Crippen molar-refractivity contribution < 1.29 is 9.84 Å². The number of ether oxygens (including phenoxy) is 1. The first-order valence-electron chi connectivity index (χ1n) is 7.17. The Hall–Kier alpha value is -0.900. The summed E-state index contributed by atoms with van der Waals surface area (Å²) in [6.45, 7) is 9.63. The summed E-state index contributed by atoms with van der Waals surface area (Å²) in [6.07, 6.45) is -0.415. The molecule has 0 spiro atoms. The number of aliphatic hydroxyl groups excluding tert-OH is 1. The summed E-state index contributed by atoms with van der Waals surface area (Å²) in [5, 5.41) is 10.3. The van der Waals surface area contributed by atoms with E-state index in [1.165, 1.54) is 5.56 Å². The minimum absolute atomic E-state index is 0.387. The molecule has 2 atom stereocenters. The summed E-state index contributed by atoms with van der Waals surface area (Å²) in [6, 6.07) is 8.71. The summed E-state index contributed by atoms with van der Waals surface area (Å²) in [5.74, 6) is 0.533. The first kappa shape index (κ1) is 14.5. The highest BCUT2D eigenvalue weighted by atomic mass is 16.5. The van der Waals surface area contributed by atoms with Gasteiger partial charge in [0, 0.05) is 19.1 Å². The van der Waals surface area contributed by atoms with Gasteiger partial charge in [0.1, 0.15) is 0 Å². The SMILES string of the molecule is CC(C)c1ccc(C(O)CN2CCOCC2C)cc1. The summed E-state index contributed by atoms with van der Waals surface area (Å²) >= 11 is 0. The average Bonchev–Trinajstić information content (AvgIpc) is 2.41. The first-order valence-corrected chi connectivity index (χ1v) is 7.17. The Morgan fingerprint density at radius 1 is 1.26 bits per heavy atom. The van der Waals surface area contributed by atoms with Gasteiger partial charge in [0.2, 0.25) is 0 Å². The van der Waals surface area contributed by atoms with Crippen molar-refractivity contribution in [2.24, 2.45) is 0 Å². The van der Waals surface area contributed by atoms with Crippen LogP contribution in [0.4, 0.5) is 0 Å². The van der Waals surface area contributed by atoms with Crippen LogP contribution in [0.1, 0.15) is 43.9 Å². The molecule has 1 aliphatic rings. The number of benzene rings is 1. The number of rotatable bonds is 4. The van der Waals surface area contributed by atoms with Crippen molar-refractivity contribution in [2.75, 3.05) is 26.3 Å². The van der Waals surface area contributed by atoms with Crippen LogP contribution < -0.4 is 0 Å². The highest BCUT2D eigenvalue weighted by Gasteiger charge is 2.21. The minimum Gasteiger partial charge on any atom is -0.387 e. The molecular formula is C16H25NO2. The van der Waals surface area contributed by atoms with Gasteiger partial charge in [0.25, 0.3) is 0 Å². The van der Waals surface area contributed by atoms with Crippen molar-refractivity contribution in [3.05, 3.63) is 35.4 Å². The molecule has 0 saturated carbocycles. The largest absolute Gasteiger partial charge is 0.387 e. The van der Waals surface area contributed by atoms with Crippen LogP contribution in [-0.2, 0) is 4.74 Å². The predicted molar refractivity (Wildman–Crippen MR) is 77.3 cm³/mol. The van der Waals surface area contributed by atoms with Crippen LogP contribution in [0.2, 0.25) is 0 Å². The van der Waals surface area contributed by atoms with Crippen molar-refractivity contribution in [1.82, 2.24) is 4.90 Å². The highest BCUT2D eigenvalue weighted by Crippen LogP contribution is 2.20. The second-order valence-corrected chi connectivity index (χ2v) is 5.76. The fraction of sp³-hybridized carbons (Fsp3) is 0.625. The second-order valence-electron chi connectivity index (χ2n) is 5.76. The monoisotopic (exact) mass is 263 g/mol. The van der Waals surface area contributed by atoms with Gasteiger partial charge in [-0.15, -0.1) is 0 Å². The Morgan fingerprint density at radius 2 is 1.89 bits per heavy atom. The van der Waals surface area contributed by atoms with Crippen LogP contribution in [-0.4, -0.2) is 42.4 Å². The van der Waals surface area contributed by atoms with Gasteiger partial charge < -0.3 is 9.84 Å². The van der Waals surface area contributed by atoms with E-state index in [-0.39, 0.29) is 0 Å². The lowest BCUT2D eigenvalue weighted by Gasteiger charge is -2.34. The molecule has 1 aliphatic heterocycles. The smallest absolute Gasteiger partial charge is 0.0917 e. The fourth-order valence-corrected chi connectivity index (χ4v) is 2.46. The van der Waals surface area contributed by atoms with E-state index in [9.17, 15) is 5.11 Å². The van der Waals surface area contributed by atoms with Gasteiger partial charge in [-0.1, -0.05) is 38.1 Å². The standard InChI is InChI=1S/C16H25NO2/c1-12(2)14-4-6-15(7-5-14)16(18)10-17-8-9-19-11-13(17)3/h4-7,12-13,16,18H,8-11H2,1-3H3. The van der Waals surface area contributed by atoms with E-state index in [2.05, 4.69) is 37.8 Å². The summed E-state index contributed by atoms with van der Waals surface area (Å²) in [7, 11) is 0. The summed E-state index contributed by atoms with van der Waals surface area (Å²) in [4.78, 5) is 2.30. The van der Waals surface area contributed by atoms with E-state index in [1.807, 2.05) is 12.1 Å². The van der Waals surface area contributed by atoms with Crippen molar-refractivity contribution in [3.63, 3.8) is 0 Å². The fourth-order valence-electron chi connectivity index (χ4n) is 2.46. The Balaban J connectivity index is 1.97. The van der Waals surface area contributed by atoms with Crippen LogP contribution in [0.15, 0.2) is 24.3 Å². The van der Waals surface area contributed by atoms with Crippen LogP contribution >= 0.6 is 0 Å². The van der Waals surface area contributed by atoms with Gasteiger partial charge >= 0.3 is 0 Å². The molecular weight excluding hydrogens is 238 g/mol. The molecule has 1 N–H and O–H groups in total. The molecule has 3 heteroatoms. The van der Waals surface area contributed by atoms with E-state index < -0.39 is 6.10 Å². The van der Waals surface area contributed by atoms with Crippen LogP contribution in [0, 0.1) is 0 Å². The van der Waals surface area contributed by atoms with Crippen molar-refractivity contribution in [3.8, 4) is 0 Å². The zero-order valence-corrected chi connectivity index (χ0v) is 12.2. The first-order chi connectivity index (χ1) is 9.08. The number of morpholine rings is 1. The lowest BCUT2D eigenvalue weighted by Crippen LogP contribution is -2.45. The molecule has 1 heterocycles. The van der Waals surface area contributed by atoms with Gasteiger partial charge in [-0.05, 0) is 24.0 Å². The maximum Gasteiger partial charge on any atom is 0.0917 e. The number of hydrogen-bond acceptors (Lipinski definition) is 3. The lowest BCUT2D eigenvalue weighted by atomic mass is 9.99. The Kier molecular flexibility index (Phi) is 4.97. The minimum atomic E-state index is -0.415. The van der Waals surface area contributed by atoms with Gasteiger partial charge in [-0.3, -0.25) is 4.90 Å². The Bertz CT molecular complexity index is 388. The maximum atomic E-state index is 10.3. The Morgan fingerprint density at radius 3 is 2.47 bits per heavy atom. The van der Waals surface area contributed by atoms with E-state index in [0.717, 1.165) is 25.3 Å². The zero-order valence-electron chi connectivity index (χ0n) is 12.2. The van der Waals surface area contributed by atoms with E-state index in [1.54, 1.807) is 0 Å². The van der Waals surface area contributed by atoms with Gasteiger partial charge in [0.15, 0.2) is 0 Å². The van der Waals surface area contributed by atoms with Crippen molar-refractivity contribution >= 4 is 0 Å². The van der Waals surface area contributed by atoms with E-state index in [4.69, 9.17) is 4.74 Å². The normalized spacial score (nSPS) is 22.7. The molecule has 1 fully saturated rings. The van der Waals surface area contributed by atoms with Crippen molar-refractivity contribution in [1.29, 1.82) is 0 Å². The quantitative estimate of drug-likeness (QED) is 0.906. The molecule has 2 unspecified atom stereocenters. The number of hydrogen-bond donors (Lipinski definition) is 1. The number of nitrogens with zero attached hydrogens (tertiary/aromatic N) is 1. The lowest BCUT2D eigenvalue weighted by molar-refractivity contribution is -0.0203. The molecule has 0 bridgehead atoms. The highest BCUT2D eigenvalue weighted by molar-refractivity contribution is 5.26. The molecule has 2 rings (SSSR count). The molecule has 0 radical (unpaired) electrons. The average molecular weight is 263 g/mol. The topological polar surface area (TPSA) is 32.7 Å². The number of aliphatic hydroxyl groups is 1. The maximum absolute atomic E-state index is 10.3. The van der Waals surface area contributed by atoms with Gasteiger partial charge in [-0.25, -0.2) is 0 Å². The third-order valence-electron chi connectivity index (χ3n) is 3.90. The summed E-state index contributed by atoms with van der Waals surface area (Å²) in [5.41, 5.74) is 2.32. The van der Waals surface area contributed by atoms with Gasteiger partial charge in [-0.2, -0.15) is 0 Å².